The summed E-state index contributed by atoms with van der Waals surface area (Å²) < 4.78 is 103. The van der Waals surface area contributed by atoms with Crippen molar-refractivity contribution in [2.75, 3.05) is 107 Å². The Kier molecular flexibility index (Phi) is 35.3. The van der Waals surface area contributed by atoms with Crippen molar-refractivity contribution in [3.05, 3.63) is 35.4 Å². The van der Waals surface area contributed by atoms with Crippen molar-refractivity contribution < 1.29 is 73.7 Å². The van der Waals surface area contributed by atoms with Crippen molar-refractivity contribution in [3.8, 4) is 0 Å². The zero-order valence-electron chi connectivity index (χ0n) is 41.4. The number of quaternary nitrogens is 1. The van der Waals surface area contributed by atoms with E-state index in [0.717, 1.165) is 70.3 Å². The Labute approximate surface area is 386 Å². The third-order valence-corrected chi connectivity index (χ3v) is 18.7. The van der Waals surface area contributed by atoms with E-state index in [2.05, 4.69) is 37.5 Å². The minimum absolute atomic E-state index is 0.0759. The van der Waals surface area contributed by atoms with E-state index in [-0.39, 0.29) is 22.9 Å². The molecule has 0 bridgehead atoms. The molecule has 0 saturated carbocycles. The Morgan fingerprint density at radius 1 is 0.734 bits per heavy atom. The molecule has 0 amide bonds. The van der Waals surface area contributed by atoms with Gasteiger partial charge in [-0.1, -0.05) is 64.8 Å². The third-order valence-electron chi connectivity index (χ3n) is 10.2. The van der Waals surface area contributed by atoms with Gasteiger partial charge in [0.25, 0.3) is 0 Å². The largest absolute Gasteiger partial charge is 0.858 e. The van der Waals surface area contributed by atoms with Crippen molar-refractivity contribution in [3.63, 3.8) is 0 Å². The smallest absolute Gasteiger partial charge is 0.518 e. The molecule has 1 N–H and O–H groups in total. The second kappa shape index (κ2) is 35.2. The summed E-state index contributed by atoms with van der Waals surface area (Å²) in [6.45, 7) is 30.6. The molecule has 378 valence electrons. The average Bonchev–Trinajstić information content (AvgIpc) is 3.23. The molecule has 0 radical (unpaired) electrons. The minimum Gasteiger partial charge on any atom is -0.858 e. The summed E-state index contributed by atoms with van der Waals surface area (Å²) in [7, 11) is -3.94. The molecule has 0 fully saturated rings. The minimum atomic E-state index is -5.80. The number of carbonyl (C=O) groups is 1. The number of benzene rings is 1. The maximum absolute atomic E-state index is 12.1. The maximum Gasteiger partial charge on any atom is 0.518 e. The van der Waals surface area contributed by atoms with Crippen LogP contribution in [-0.4, -0.2) is 149 Å². The van der Waals surface area contributed by atoms with Gasteiger partial charge in [-0.2, -0.15) is 26.0 Å². The fourth-order valence-electron chi connectivity index (χ4n) is 5.62. The number of carbonyl (C=O) groups excluding carboxylic acids is 1. The summed E-state index contributed by atoms with van der Waals surface area (Å²) in [5, 5.41) is 11.4. The van der Waals surface area contributed by atoms with Gasteiger partial charge >= 0.3 is 21.5 Å². The summed E-state index contributed by atoms with van der Waals surface area (Å²) in [6.07, 6.45) is 5.11. The predicted molar refractivity (Wildman–Crippen MR) is 251 cm³/mol. The van der Waals surface area contributed by atoms with Gasteiger partial charge < -0.3 is 47.3 Å². The first kappa shape index (κ1) is 64.1. The molecule has 0 spiro atoms. The van der Waals surface area contributed by atoms with Crippen LogP contribution in [0.15, 0.2) is 28.7 Å². The SMILES string of the molecule is CCC(C)c1ccc(C([O-])=NS(=O)(=O)C(F)(F)F)cc1.CCCC[Si](C)(C)O[Si](C)(C)CCCOC(=O)C(C)(C)CC.COCCOCC[NH+](CCOCCOC)CCOCCOC. The van der Waals surface area contributed by atoms with Gasteiger partial charge in [-0.15, -0.1) is 0 Å². The quantitative estimate of drug-likeness (QED) is 0.0264. The molecule has 20 heteroatoms. The van der Waals surface area contributed by atoms with Gasteiger partial charge in [0, 0.05) is 27.2 Å². The topological polar surface area (TPSA) is 165 Å². The van der Waals surface area contributed by atoms with Gasteiger partial charge in [-0.3, -0.25) is 4.79 Å². The van der Waals surface area contributed by atoms with Gasteiger partial charge in [0.1, 0.15) is 19.6 Å². The maximum atomic E-state index is 12.1. The Morgan fingerprint density at radius 2 is 1.17 bits per heavy atom. The molecule has 1 atom stereocenters. The Balaban J connectivity index is 0. The van der Waals surface area contributed by atoms with Gasteiger partial charge in [-0.05, 0) is 88.4 Å². The molecule has 0 saturated heterocycles. The lowest BCUT2D eigenvalue weighted by Gasteiger charge is -2.34. The summed E-state index contributed by atoms with van der Waals surface area (Å²) in [6, 6.07) is 7.97. The standard InChI is InChI=1S/C17H38O3Si2.C15H33NO6.C12H14F3NO3S/c1-9-11-14-21(5,6)20-22(7,8)15-12-13-19-16(18)17(3,4)10-2;1-17-10-13-20-7-4-16(5-8-21-14-11-18-2)6-9-22-15-12-19-3;1-3-8(2)9-4-6-10(7-5-9)11(17)16-20(18,19)12(13,14)15/h9-15H2,1-8H3;4-15H2,1-3H3;4-8H,3H2,1-2H3,(H,16,17). The molecule has 0 aliphatic rings. The van der Waals surface area contributed by atoms with Crippen LogP contribution in [0.25, 0.3) is 0 Å². The molecular weight excluding hydrogens is 894 g/mol. The second-order valence-corrected chi connectivity index (χ2v) is 27.7. The summed E-state index contributed by atoms with van der Waals surface area (Å²) in [4.78, 5) is 13.3. The van der Waals surface area contributed by atoms with Crippen LogP contribution in [0.4, 0.5) is 13.2 Å². The van der Waals surface area contributed by atoms with E-state index in [4.69, 9.17) is 37.3 Å². The van der Waals surface area contributed by atoms with E-state index in [1.165, 1.54) is 35.9 Å². The zero-order valence-corrected chi connectivity index (χ0v) is 44.2. The highest BCUT2D eigenvalue weighted by Gasteiger charge is 2.45. The molecule has 1 aromatic rings. The van der Waals surface area contributed by atoms with Crippen molar-refractivity contribution in [1.82, 2.24) is 0 Å². The van der Waals surface area contributed by atoms with E-state index >= 15 is 0 Å². The van der Waals surface area contributed by atoms with Crippen LogP contribution in [-0.2, 0) is 52.1 Å². The number of esters is 1. The van der Waals surface area contributed by atoms with Crippen LogP contribution in [0.2, 0.25) is 38.3 Å². The van der Waals surface area contributed by atoms with Crippen molar-refractivity contribution >= 4 is 38.5 Å². The first-order valence-corrected chi connectivity index (χ1v) is 30.2. The number of sulfonamides is 1. The monoisotopic (exact) mass is 979 g/mol. The fourth-order valence-corrected chi connectivity index (χ4v) is 15.0. The van der Waals surface area contributed by atoms with Crippen molar-refractivity contribution in [2.45, 2.75) is 123 Å². The number of nitrogens with zero attached hydrogens (tertiary/aromatic N) is 1. The van der Waals surface area contributed by atoms with Crippen molar-refractivity contribution in [1.29, 1.82) is 0 Å². The molecule has 0 heterocycles. The Morgan fingerprint density at radius 3 is 1.55 bits per heavy atom. The first-order chi connectivity index (χ1) is 29.9. The predicted octanol–water partition coefficient (Wildman–Crippen LogP) is 6.60. The van der Waals surface area contributed by atoms with Crippen LogP contribution in [0, 0.1) is 5.41 Å². The average molecular weight is 979 g/mol. The molecule has 64 heavy (non-hydrogen) atoms. The van der Waals surface area contributed by atoms with Crippen LogP contribution < -0.4 is 10.0 Å². The van der Waals surface area contributed by atoms with Crippen molar-refractivity contribution in [2.24, 2.45) is 9.81 Å². The molecular formula is C44H85F3N2O12SSi2. The number of nitrogens with one attached hydrogen (secondary N) is 1. The molecule has 1 rings (SSSR count). The van der Waals surface area contributed by atoms with Crippen LogP contribution >= 0.6 is 0 Å². The zero-order chi connectivity index (χ0) is 49.3. The van der Waals surface area contributed by atoms with Gasteiger partial charge in [-0.25, -0.2) is 0 Å². The highest BCUT2D eigenvalue weighted by Crippen LogP contribution is 2.27. The lowest BCUT2D eigenvalue weighted by molar-refractivity contribution is -0.901. The lowest BCUT2D eigenvalue weighted by Crippen LogP contribution is -3.13. The normalized spacial score (nSPS) is 13.2. The number of hydrogen-bond donors (Lipinski definition) is 1. The lowest BCUT2D eigenvalue weighted by atomic mass is 9.91. The number of hydrogen-bond acceptors (Lipinski definition) is 12. The Bertz CT molecular complexity index is 1440. The molecule has 0 aliphatic heterocycles. The number of alkyl halides is 3. The fraction of sp³-hybridized carbons (Fsp3) is 0.818. The number of unbranched alkanes of at least 4 members (excludes halogenated alkanes) is 1. The number of rotatable bonds is 33. The number of ether oxygens (including phenoxy) is 7. The number of halogens is 3. The molecule has 14 nitrogen and oxygen atoms in total. The van der Waals surface area contributed by atoms with Crippen LogP contribution in [0.5, 0.6) is 0 Å². The summed E-state index contributed by atoms with van der Waals surface area (Å²) in [5.74, 6) is -1.28. The number of methoxy groups -OCH3 is 3. The summed E-state index contributed by atoms with van der Waals surface area (Å²) >= 11 is 0. The van der Waals surface area contributed by atoms with Gasteiger partial charge in [0.15, 0.2) is 16.6 Å². The second-order valence-electron chi connectivity index (χ2n) is 17.3. The van der Waals surface area contributed by atoms with E-state index in [9.17, 15) is 31.5 Å². The van der Waals surface area contributed by atoms with E-state index in [0.29, 0.717) is 46.2 Å². The van der Waals surface area contributed by atoms with E-state index < -0.39 is 38.1 Å². The highest BCUT2D eigenvalue weighted by molar-refractivity contribution is 7.91. The highest BCUT2D eigenvalue weighted by atomic mass is 32.2. The third kappa shape index (κ3) is 31.8. The Hall–Kier alpha value is -1.99. The molecule has 1 unspecified atom stereocenters. The van der Waals surface area contributed by atoms with Crippen LogP contribution in [0.3, 0.4) is 0 Å². The van der Waals surface area contributed by atoms with E-state index in [1.807, 2.05) is 34.6 Å². The molecule has 0 aliphatic carbocycles. The van der Waals surface area contributed by atoms with Gasteiger partial charge in [0.2, 0.25) is 0 Å². The first-order valence-electron chi connectivity index (χ1n) is 22.5. The van der Waals surface area contributed by atoms with E-state index in [1.54, 1.807) is 33.5 Å². The molecule has 0 aromatic heterocycles. The molecule has 1 aromatic carbocycles. The van der Waals surface area contributed by atoms with Crippen LogP contribution in [0.1, 0.15) is 90.7 Å². The van der Waals surface area contributed by atoms with Gasteiger partial charge in [0.05, 0.1) is 71.5 Å². The summed E-state index contributed by atoms with van der Waals surface area (Å²) in [5.41, 5.74) is -5.23.